The Labute approximate surface area is 106 Å². The number of hydrogen-bond acceptors (Lipinski definition) is 5. The van der Waals surface area contributed by atoms with Crippen molar-refractivity contribution in [3.05, 3.63) is 23.8 Å². The van der Waals surface area contributed by atoms with Gasteiger partial charge in [-0.1, -0.05) is 0 Å². The number of nitrogen functional groups attached to an aromatic ring is 2. The normalized spacial score (nSPS) is 10.3. The SMILES string of the molecule is COCCOCCNC(=O)c1cc(N)cc(N)c1. The van der Waals surface area contributed by atoms with Crippen LogP contribution in [0.3, 0.4) is 0 Å². The van der Waals surface area contributed by atoms with Crippen molar-refractivity contribution >= 4 is 17.3 Å². The molecule has 0 aliphatic carbocycles. The van der Waals surface area contributed by atoms with Crippen LogP contribution in [0.25, 0.3) is 0 Å². The lowest BCUT2D eigenvalue weighted by atomic mass is 10.1. The molecule has 1 amide bonds. The molecule has 0 fully saturated rings. The number of benzene rings is 1. The van der Waals surface area contributed by atoms with E-state index in [9.17, 15) is 4.79 Å². The summed E-state index contributed by atoms with van der Waals surface area (Å²) in [4.78, 5) is 11.7. The van der Waals surface area contributed by atoms with Crippen LogP contribution in [-0.4, -0.2) is 39.4 Å². The van der Waals surface area contributed by atoms with Gasteiger partial charge in [0, 0.05) is 30.6 Å². The Morgan fingerprint density at radius 2 is 1.83 bits per heavy atom. The summed E-state index contributed by atoms with van der Waals surface area (Å²) < 4.78 is 10.0. The number of methoxy groups -OCH3 is 1. The molecule has 0 radical (unpaired) electrons. The molecular weight excluding hydrogens is 234 g/mol. The topological polar surface area (TPSA) is 99.6 Å². The zero-order valence-electron chi connectivity index (χ0n) is 10.4. The van der Waals surface area contributed by atoms with Gasteiger partial charge in [0.2, 0.25) is 0 Å². The summed E-state index contributed by atoms with van der Waals surface area (Å²) in [6.45, 7) is 1.92. The van der Waals surface area contributed by atoms with Gasteiger partial charge in [0.05, 0.1) is 19.8 Å². The number of hydrogen-bond donors (Lipinski definition) is 3. The molecule has 0 aliphatic rings. The number of carbonyl (C=O) groups excluding carboxylic acids is 1. The van der Waals surface area contributed by atoms with E-state index < -0.39 is 0 Å². The highest BCUT2D eigenvalue weighted by molar-refractivity contribution is 5.96. The van der Waals surface area contributed by atoms with Gasteiger partial charge in [-0.2, -0.15) is 0 Å². The molecule has 1 rings (SSSR count). The fourth-order valence-corrected chi connectivity index (χ4v) is 1.39. The van der Waals surface area contributed by atoms with Crippen molar-refractivity contribution in [3.63, 3.8) is 0 Å². The van der Waals surface area contributed by atoms with E-state index in [1.807, 2.05) is 0 Å². The maximum Gasteiger partial charge on any atom is 0.251 e. The third-order valence-electron chi connectivity index (χ3n) is 2.20. The third kappa shape index (κ3) is 5.03. The molecule has 0 bridgehead atoms. The first kappa shape index (κ1) is 14.3. The van der Waals surface area contributed by atoms with Crippen LogP contribution in [0, 0.1) is 0 Å². The standard InChI is InChI=1S/C12H19N3O3/c1-17-4-5-18-3-2-15-12(16)9-6-10(13)8-11(14)7-9/h6-8H,2-5,13-14H2,1H3,(H,15,16). The second kappa shape index (κ2) is 7.52. The Morgan fingerprint density at radius 3 is 2.44 bits per heavy atom. The number of nitrogens with one attached hydrogen (secondary N) is 1. The molecule has 0 aromatic heterocycles. The molecule has 6 heteroatoms. The van der Waals surface area contributed by atoms with Gasteiger partial charge in [0.25, 0.3) is 5.91 Å². The van der Waals surface area contributed by atoms with Gasteiger partial charge < -0.3 is 26.3 Å². The third-order valence-corrected chi connectivity index (χ3v) is 2.20. The average Bonchev–Trinajstić information content (AvgIpc) is 2.32. The van der Waals surface area contributed by atoms with Crippen molar-refractivity contribution in [2.24, 2.45) is 0 Å². The Hall–Kier alpha value is -1.79. The minimum atomic E-state index is -0.218. The molecule has 5 N–H and O–H groups in total. The van der Waals surface area contributed by atoms with E-state index in [2.05, 4.69) is 5.32 Å². The molecule has 0 spiro atoms. The van der Waals surface area contributed by atoms with E-state index in [0.717, 1.165) is 0 Å². The van der Waals surface area contributed by atoms with E-state index >= 15 is 0 Å². The lowest BCUT2D eigenvalue weighted by Gasteiger charge is -2.07. The molecule has 0 aliphatic heterocycles. The van der Waals surface area contributed by atoms with Crippen molar-refractivity contribution in [2.45, 2.75) is 0 Å². The molecule has 0 saturated heterocycles. The van der Waals surface area contributed by atoms with Crippen molar-refractivity contribution in [1.29, 1.82) is 0 Å². The first-order valence-corrected chi connectivity index (χ1v) is 5.64. The minimum absolute atomic E-state index is 0.218. The average molecular weight is 253 g/mol. The minimum Gasteiger partial charge on any atom is -0.399 e. The van der Waals surface area contributed by atoms with E-state index in [1.54, 1.807) is 25.3 Å². The molecule has 1 aromatic carbocycles. The fourth-order valence-electron chi connectivity index (χ4n) is 1.39. The van der Waals surface area contributed by atoms with Crippen LogP contribution in [0.2, 0.25) is 0 Å². The summed E-state index contributed by atoms with van der Waals surface area (Å²) in [5.41, 5.74) is 12.6. The first-order valence-electron chi connectivity index (χ1n) is 5.64. The number of rotatable bonds is 7. The van der Waals surface area contributed by atoms with Gasteiger partial charge in [0.15, 0.2) is 0 Å². The van der Waals surface area contributed by atoms with E-state index in [0.29, 0.717) is 43.3 Å². The molecule has 0 heterocycles. The van der Waals surface area contributed by atoms with Crippen molar-refractivity contribution < 1.29 is 14.3 Å². The zero-order valence-corrected chi connectivity index (χ0v) is 10.4. The Kier molecular flexibility index (Phi) is 5.96. The molecule has 0 atom stereocenters. The van der Waals surface area contributed by atoms with Crippen molar-refractivity contribution in [3.8, 4) is 0 Å². The quantitative estimate of drug-likeness (QED) is 0.477. The summed E-state index contributed by atoms with van der Waals surface area (Å²) in [5.74, 6) is -0.218. The van der Waals surface area contributed by atoms with Gasteiger partial charge in [-0.25, -0.2) is 0 Å². The summed E-state index contributed by atoms with van der Waals surface area (Å²) in [6, 6.07) is 4.76. The molecule has 18 heavy (non-hydrogen) atoms. The van der Waals surface area contributed by atoms with Crippen LogP contribution in [0.4, 0.5) is 11.4 Å². The number of anilines is 2. The smallest absolute Gasteiger partial charge is 0.251 e. The van der Waals surface area contributed by atoms with Crippen LogP contribution in [0.5, 0.6) is 0 Å². The predicted molar refractivity (Wildman–Crippen MR) is 70.3 cm³/mol. The maximum absolute atomic E-state index is 11.7. The second-order valence-corrected chi connectivity index (χ2v) is 3.75. The lowest BCUT2D eigenvalue weighted by molar-refractivity contribution is 0.0693. The van der Waals surface area contributed by atoms with Gasteiger partial charge >= 0.3 is 0 Å². The number of ether oxygens (including phenoxy) is 2. The molecule has 0 unspecified atom stereocenters. The van der Waals surface area contributed by atoms with Crippen LogP contribution < -0.4 is 16.8 Å². The Morgan fingerprint density at radius 1 is 1.17 bits per heavy atom. The number of nitrogens with two attached hydrogens (primary N) is 2. The first-order chi connectivity index (χ1) is 8.63. The highest BCUT2D eigenvalue weighted by atomic mass is 16.5. The molecular formula is C12H19N3O3. The van der Waals surface area contributed by atoms with Gasteiger partial charge in [-0.15, -0.1) is 0 Å². The summed E-state index contributed by atoms with van der Waals surface area (Å²) in [6.07, 6.45) is 0. The monoisotopic (exact) mass is 253 g/mol. The highest BCUT2D eigenvalue weighted by Gasteiger charge is 2.06. The molecule has 100 valence electrons. The van der Waals surface area contributed by atoms with E-state index in [4.69, 9.17) is 20.9 Å². The van der Waals surface area contributed by atoms with Crippen LogP contribution in [0.15, 0.2) is 18.2 Å². The number of amides is 1. The van der Waals surface area contributed by atoms with Gasteiger partial charge in [0.1, 0.15) is 0 Å². The fraction of sp³-hybridized carbons (Fsp3) is 0.417. The maximum atomic E-state index is 11.7. The molecule has 1 aromatic rings. The van der Waals surface area contributed by atoms with Crippen LogP contribution >= 0.6 is 0 Å². The molecule has 6 nitrogen and oxygen atoms in total. The lowest BCUT2D eigenvalue weighted by Crippen LogP contribution is -2.27. The van der Waals surface area contributed by atoms with Gasteiger partial charge in [-0.05, 0) is 18.2 Å². The predicted octanol–water partition coefficient (Wildman–Crippen LogP) is 0.244. The highest BCUT2D eigenvalue weighted by Crippen LogP contribution is 2.13. The van der Waals surface area contributed by atoms with Crippen molar-refractivity contribution in [2.75, 3.05) is 44.9 Å². The summed E-state index contributed by atoms with van der Waals surface area (Å²) >= 11 is 0. The van der Waals surface area contributed by atoms with Crippen molar-refractivity contribution in [1.82, 2.24) is 5.32 Å². The van der Waals surface area contributed by atoms with Crippen LogP contribution in [0.1, 0.15) is 10.4 Å². The Bertz CT molecular complexity index is 376. The summed E-state index contributed by atoms with van der Waals surface area (Å²) in [7, 11) is 1.61. The van der Waals surface area contributed by atoms with E-state index in [1.165, 1.54) is 0 Å². The zero-order chi connectivity index (χ0) is 13.4. The second-order valence-electron chi connectivity index (χ2n) is 3.75. The van der Waals surface area contributed by atoms with E-state index in [-0.39, 0.29) is 5.91 Å². The van der Waals surface area contributed by atoms with Gasteiger partial charge in [-0.3, -0.25) is 4.79 Å². The van der Waals surface area contributed by atoms with Crippen LogP contribution in [-0.2, 0) is 9.47 Å². The largest absolute Gasteiger partial charge is 0.399 e. The Balaban J connectivity index is 2.32. The summed E-state index contributed by atoms with van der Waals surface area (Å²) in [5, 5.41) is 2.71. The number of carbonyl (C=O) groups is 1. The molecule has 0 saturated carbocycles.